The van der Waals surface area contributed by atoms with Crippen molar-refractivity contribution in [1.82, 2.24) is 0 Å². The molecule has 1 aromatic carbocycles. The number of terminal acetylenes is 1. The number of ether oxygens (including phenoxy) is 2. The third kappa shape index (κ3) is 4.19. The van der Waals surface area contributed by atoms with Crippen molar-refractivity contribution in [1.29, 1.82) is 0 Å². The van der Waals surface area contributed by atoms with E-state index in [0.717, 1.165) is 5.56 Å². The molecule has 0 aliphatic carbocycles. The molecule has 0 unspecified atom stereocenters. The molecule has 0 bridgehead atoms. The van der Waals surface area contributed by atoms with Crippen molar-refractivity contribution in [2.24, 2.45) is 0 Å². The molecule has 2 atom stereocenters. The fourth-order valence-electron chi connectivity index (χ4n) is 1.73. The van der Waals surface area contributed by atoms with Crippen LogP contribution in [-0.2, 0) is 9.47 Å². The Morgan fingerprint density at radius 3 is 2.45 bits per heavy atom. The summed E-state index contributed by atoms with van der Waals surface area (Å²) in [5, 5.41) is 9.14. The summed E-state index contributed by atoms with van der Waals surface area (Å²) in [6.45, 7) is 6.19. The Balaban J connectivity index is 2.57. The number of rotatable bonds is 7. The number of methoxy groups -OCH3 is 1. The molecule has 110 valence electrons. The summed E-state index contributed by atoms with van der Waals surface area (Å²) in [5.74, 6) is 2.47. The van der Waals surface area contributed by atoms with Crippen LogP contribution < -0.4 is 0 Å². The highest BCUT2D eigenvalue weighted by Crippen LogP contribution is 2.22. The molecule has 0 aromatic heterocycles. The first-order valence-corrected chi connectivity index (χ1v) is 9.90. The van der Waals surface area contributed by atoms with Crippen LogP contribution in [0.3, 0.4) is 0 Å². The zero-order valence-electron chi connectivity index (χ0n) is 12.7. The topological polar surface area (TPSA) is 38.7 Å². The lowest BCUT2D eigenvalue weighted by molar-refractivity contribution is 0.0178. The van der Waals surface area contributed by atoms with Gasteiger partial charge in [0.05, 0.1) is 6.61 Å². The smallest absolute Gasteiger partial charge is 0.129 e. The minimum absolute atomic E-state index is 0.100. The largest absolute Gasteiger partial charge is 0.382 e. The molecule has 1 aromatic rings. The van der Waals surface area contributed by atoms with Gasteiger partial charge in [0.1, 0.15) is 19.4 Å². The van der Waals surface area contributed by atoms with Gasteiger partial charge in [0.2, 0.25) is 0 Å². The van der Waals surface area contributed by atoms with Gasteiger partial charge in [-0.15, -0.1) is 6.42 Å². The van der Waals surface area contributed by atoms with Crippen LogP contribution in [0.15, 0.2) is 30.3 Å². The van der Waals surface area contributed by atoms with Gasteiger partial charge in [-0.1, -0.05) is 49.3 Å². The van der Waals surface area contributed by atoms with Crippen molar-refractivity contribution < 1.29 is 14.6 Å². The fourth-order valence-corrected chi connectivity index (χ4v) is 3.03. The van der Waals surface area contributed by atoms with Gasteiger partial charge in [-0.25, -0.2) is 0 Å². The standard InChI is InChI=1S/C16H24O3Si/c1-6-16(2,17)20(4,5)13-19-12-15(18-3)14-10-8-7-9-11-14/h1,7-11,15,17H,12-13H2,2-5H3/t15-,16+/m1/s1. The molecule has 1 rings (SSSR count). The van der Waals surface area contributed by atoms with E-state index in [2.05, 4.69) is 5.92 Å². The predicted molar refractivity (Wildman–Crippen MR) is 83.9 cm³/mol. The molecule has 0 aliphatic rings. The zero-order chi connectivity index (χ0) is 15.2. The highest BCUT2D eigenvalue weighted by atomic mass is 28.3. The lowest BCUT2D eigenvalue weighted by atomic mass is 10.1. The molecule has 4 heteroatoms. The first kappa shape index (κ1) is 16.9. The van der Waals surface area contributed by atoms with E-state index < -0.39 is 13.3 Å². The average molecular weight is 292 g/mol. The summed E-state index contributed by atoms with van der Waals surface area (Å²) in [7, 11) is -0.402. The second kappa shape index (κ2) is 7.05. The van der Waals surface area contributed by atoms with Crippen molar-refractivity contribution in [3.8, 4) is 12.3 Å². The molecule has 0 saturated heterocycles. The minimum atomic E-state index is -2.07. The van der Waals surface area contributed by atoms with Crippen molar-refractivity contribution in [2.45, 2.75) is 31.3 Å². The van der Waals surface area contributed by atoms with Gasteiger partial charge < -0.3 is 14.6 Å². The predicted octanol–water partition coefficient (Wildman–Crippen LogP) is 2.56. The summed E-state index contributed by atoms with van der Waals surface area (Å²) in [6, 6.07) is 9.94. The lowest BCUT2D eigenvalue weighted by Crippen LogP contribution is -2.55. The second-order valence-corrected chi connectivity index (χ2v) is 10.8. The molecular formula is C16H24O3Si. The Hall–Kier alpha value is -1.12. The van der Waals surface area contributed by atoms with Crippen LogP contribution in [0, 0.1) is 12.3 Å². The SMILES string of the molecule is C#C[C@@](C)(O)[Si](C)(C)COC[C@@H](OC)c1ccccc1. The van der Waals surface area contributed by atoms with Gasteiger partial charge in [-0.05, 0) is 12.5 Å². The van der Waals surface area contributed by atoms with E-state index >= 15 is 0 Å². The summed E-state index contributed by atoms with van der Waals surface area (Å²) in [4.78, 5) is 0. The maximum atomic E-state index is 10.2. The van der Waals surface area contributed by atoms with E-state index in [0.29, 0.717) is 12.8 Å². The van der Waals surface area contributed by atoms with Gasteiger partial charge in [0, 0.05) is 13.3 Å². The van der Waals surface area contributed by atoms with Crippen molar-refractivity contribution in [3.05, 3.63) is 35.9 Å². The van der Waals surface area contributed by atoms with Crippen molar-refractivity contribution in [2.75, 3.05) is 19.9 Å². The van der Waals surface area contributed by atoms with E-state index in [1.54, 1.807) is 14.0 Å². The molecule has 0 aliphatic heterocycles. The molecule has 0 radical (unpaired) electrons. The first-order valence-electron chi connectivity index (χ1n) is 6.69. The van der Waals surface area contributed by atoms with Crippen LogP contribution in [0.25, 0.3) is 0 Å². The van der Waals surface area contributed by atoms with E-state index in [1.165, 1.54) is 0 Å². The Morgan fingerprint density at radius 2 is 1.95 bits per heavy atom. The quantitative estimate of drug-likeness (QED) is 0.620. The number of aliphatic hydroxyl groups is 1. The average Bonchev–Trinajstić information content (AvgIpc) is 2.44. The maximum Gasteiger partial charge on any atom is 0.129 e. The normalized spacial score (nSPS) is 16.2. The number of hydrogen-bond acceptors (Lipinski definition) is 3. The lowest BCUT2D eigenvalue weighted by Gasteiger charge is -2.34. The third-order valence-corrected chi connectivity index (χ3v) is 7.49. The van der Waals surface area contributed by atoms with Crippen LogP contribution in [0.2, 0.25) is 13.1 Å². The molecule has 3 nitrogen and oxygen atoms in total. The minimum Gasteiger partial charge on any atom is -0.382 e. The van der Waals surface area contributed by atoms with Gasteiger partial charge >= 0.3 is 0 Å². The molecule has 0 fully saturated rings. The highest BCUT2D eigenvalue weighted by molar-refractivity contribution is 6.80. The second-order valence-electron chi connectivity index (χ2n) is 5.75. The number of hydrogen-bond donors (Lipinski definition) is 1. The fraction of sp³-hybridized carbons (Fsp3) is 0.500. The molecular weight excluding hydrogens is 268 g/mol. The van der Waals surface area contributed by atoms with Crippen LogP contribution in [-0.4, -0.2) is 38.4 Å². The van der Waals surface area contributed by atoms with Gasteiger partial charge in [0.25, 0.3) is 0 Å². The van der Waals surface area contributed by atoms with Crippen LogP contribution >= 0.6 is 0 Å². The van der Waals surface area contributed by atoms with Gasteiger partial charge in [0.15, 0.2) is 0 Å². The molecule has 20 heavy (non-hydrogen) atoms. The first-order chi connectivity index (χ1) is 9.34. The summed E-state index contributed by atoms with van der Waals surface area (Å²) >= 11 is 0. The van der Waals surface area contributed by atoms with E-state index in [-0.39, 0.29) is 6.10 Å². The summed E-state index contributed by atoms with van der Waals surface area (Å²) in [6.07, 6.45) is 5.79. The van der Waals surface area contributed by atoms with E-state index in [1.807, 2.05) is 43.4 Å². The zero-order valence-corrected chi connectivity index (χ0v) is 13.7. The molecule has 1 N–H and O–H groups in total. The Labute approximate surface area is 122 Å². The summed E-state index contributed by atoms with van der Waals surface area (Å²) in [5.41, 5.74) is 1.08. The monoisotopic (exact) mass is 292 g/mol. The Morgan fingerprint density at radius 1 is 1.35 bits per heavy atom. The number of benzene rings is 1. The van der Waals surface area contributed by atoms with Crippen molar-refractivity contribution >= 4 is 8.07 Å². The van der Waals surface area contributed by atoms with E-state index in [4.69, 9.17) is 15.9 Å². The highest BCUT2D eigenvalue weighted by Gasteiger charge is 2.40. The Kier molecular flexibility index (Phi) is 5.97. The molecule has 0 amide bonds. The van der Waals surface area contributed by atoms with Crippen LogP contribution in [0.1, 0.15) is 18.6 Å². The maximum absolute atomic E-state index is 10.2. The van der Waals surface area contributed by atoms with Crippen LogP contribution in [0.5, 0.6) is 0 Å². The Bertz CT molecular complexity index is 449. The summed E-state index contributed by atoms with van der Waals surface area (Å²) < 4.78 is 11.2. The van der Waals surface area contributed by atoms with E-state index in [9.17, 15) is 5.11 Å². The third-order valence-electron chi connectivity index (χ3n) is 3.79. The van der Waals surface area contributed by atoms with Gasteiger partial charge in [-0.2, -0.15) is 0 Å². The molecule has 0 saturated carbocycles. The van der Waals surface area contributed by atoms with Crippen molar-refractivity contribution in [3.63, 3.8) is 0 Å². The van der Waals surface area contributed by atoms with Crippen LogP contribution in [0.4, 0.5) is 0 Å². The molecule has 0 spiro atoms. The molecule has 0 heterocycles. The van der Waals surface area contributed by atoms with Gasteiger partial charge in [-0.3, -0.25) is 0 Å².